The number of halogens is 1. The van der Waals surface area contributed by atoms with Crippen molar-refractivity contribution >= 4 is 44.3 Å². The van der Waals surface area contributed by atoms with Crippen molar-refractivity contribution in [1.29, 1.82) is 0 Å². The maximum atomic E-state index is 12.4. The minimum atomic E-state index is -3.71. The molecule has 2 rings (SSSR count). The molecule has 0 fully saturated rings. The molecule has 0 atom stereocenters. The van der Waals surface area contributed by atoms with E-state index in [4.69, 9.17) is 0 Å². The second kappa shape index (κ2) is 6.66. The Kier molecular flexibility index (Phi) is 5.07. The summed E-state index contributed by atoms with van der Waals surface area (Å²) in [5, 5.41) is 0. The number of nitrogens with one attached hydrogen (secondary N) is 1. The van der Waals surface area contributed by atoms with Crippen molar-refractivity contribution in [2.45, 2.75) is 11.8 Å². The Balaban J connectivity index is 2.37. The molecule has 0 saturated carbocycles. The minimum Gasteiger partial charge on any atom is -0.465 e. The van der Waals surface area contributed by atoms with Crippen LogP contribution in [0.1, 0.15) is 15.9 Å². The molecule has 0 aromatic heterocycles. The van der Waals surface area contributed by atoms with Crippen LogP contribution in [-0.2, 0) is 14.8 Å². The highest BCUT2D eigenvalue weighted by molar-refractivity contribution is 14.1. The molecule has 0 spiro atoms. The zero-order chi connectivity index (χ0) is 16.3. The second-order valence-corrected chi connectivity index (χ2v) is 7.45. The van der Waals surface area contributed by atoms with Crippen LogP contribution in [0.4, 0.5) is 5.69 Å². The molecule has 0 aliphatic carbocycles. The molecule has 2 aromatic carbocycles. The average Bonchev–Trinajstić information content (AvgIpc) is 2.49. The Hall–Kier alpha value is -1.61. The standard InChI is InChI=1S/C15H14INO4S/c1-10-3-6-12(7-4-10)22(19,20)17-14-9-11(15(18)21-2)5-8-13(14)16/h3-9,17H,1-2H3. The molecule has 0 aliphatic rings. The van der Waals surface area contributed by atoms with Gasteiger partial charge in [-0.2, -0.15) is 0 Å². The highest BCUT2D eigenvalue weighted by Gasteiger charge is 2.17. The summed E-state index contributed by atoms with van der Waals surface area (Å²) in [6.07, 6.45) is 0. The van der Waals surface area contributed by atoms with Gasteiger partial charge in [-0.05, 0) is 59.8 Å². The Morgan fingerprint density at radius 1 is 1.14 bits per heavy atom. The molecule has 5 nitrogen and oxygen atoms in total. The smallest absolute Gasteiger partial charge is 0.337 e. The average molecular weight is 431 g/mol. The van der Waals surface area contributed by atoms with E-state index in [2.05, 4.69) is 9.46 Å². The first kappa shape index (κ1) is 16.8. The molecule has 22 heavy (non-hydrogen) atoms. The predicted molar refractivity (Wildman–Crippen MR) is 92.5 cm³/mol. The number of carbonyl (C=O) groups is 1. The molecule has 0 heterocycles. The van der Waals surface area contributed by atoms with Gasteiger partial charge in [0.05, 0.1) is 23.3 Å². The van der Waals surface area contributed by atoms with Crippen molar-refractivity contribution < 1.29 is 17.9 Å². The van der Waals surface area contributed by atoms with Crippen LogP contribution in [0.15, 0.2) is 47.4 Å². The topological polar surface area (TPSA) is 72.5 Å². The summed E-state index contributed by atoms with van der Waals surface area (Å²) in [6, 6.07) is 11.2. The van der Waals surface area contributed by atoms with Gasteiger partial charge in [0.15, 0.2) is 0 Å². The number of anilines is 1. The van der Waals surface area contributed by atoms with E-state index in [0.717, 1.165) is 5.56 Å². The Bertz CT molecular complexity index is 801. The van der Waals surface area contributed by atoms with Gasteiger partial charge in [0, 0.05) is 3.57 Å². The van der Waals surface area contributed by atoms with Gasteiger partial charge in [-0.3, -0.25) is 4.72 Å². The Morgan fingerprint density at radius 3 is 2.36 bits per heavy atom. The predicted octanol–water partition coefficient (Wildman–Crippen LogP) is 3.19. The van der Waals surface area contributed by atoms with Crippen LogP contribution < -0.4 is 4.72 Å². The number of esters is 1. The van der Waals surface area contributed by atoms with E-state index in [1.165, 1.54) is 25.3 Å². The highest BCUT2D eigenvalue weighted by atomic mass is 127. The summed E-state index contributed by atoms with van der Waals surface area (Å²) >= 11 is 2.00. The lowest BCUT2D eigenvalue weighted by molar-refractivity contribution is 0.0600. The summed E-state index contributed by atoms with van der Waals surface area (Å²) in [4.78, 5) is 11.7. The first-order chi connectivity index (χ1) is 10.3. The van der Waals surface area contributed by atoms with Gasteiger partial charge in [0.25, 0.3) is 10.0 Å². The molecule has 0 amide bonds. The van der Waals surface area contributed by atoms with Gasteiger partial charge in [-0.25, -0.2) is 13.2 Å². The molecule has 1 N–H and O–H groups in total. The van der Waals surface area contributed by atoms with E-state index < -0.39 is 16.0 Å². The molecular weight excluding hydrogens is 417 g/mol. The molecule has 0 aliphatic heterocycles. The van der Waals surface area contributed by atoms with Crippen LogP contribution in [0.3, 0.4) is 0 Å². The van der Waals surface area contributed by atoms with Crippen LogP contribution in [0, 0.1) is 10.5 Å². The maximum absolute atomic E-state index is 12.4. The van der Waals surface area contributed by atoms with Crippen molar-refractivity contribution in [2.24, 2.45) is 0 Å². The van der Waals surface area contributed by atoms with Gasteiger partial charge < -0.3 is 4.74 Å². The number of sulfonamides is 1. The lowest BCUT2D eigenvalue weighted by atomic mass is 10.2. The molecule has 0 radical (unpaired) electrons. The van der Waals surface area contributed by atoms with Crippen LogP contribution in [-0.4, -0.2) is 21.5 Å². The van der Waals surface area contributed by atoms with Crippen LogP contribution in [0.25, 0.3) is 0 Å². The van der Waals surface area contributed by atoms with E-state index in [1.54, 1.807) is 24.3 Å². The number of hydrogen-bond donors (Lipinski definition) is 1. The van der Waals surface area contributed by atoms with Crippen LogP contribution in [0.2, 0.25) is 0 Å². The monoisotopic (exact) mass is 431 g/mol. The SMILES string of the molecule is COC(=O)c1ccc(I)c(NS(=O)(=O)c2ccc(C)cc2)c1. The number of carbonyl (C=O) groups excluding carboxylic acids is 1. The van der Waals surface area contributed by atoms with Gasteiger partial charge in [0.1, 0.15) is 0 Å². The van der Waals surface area contributed by atoms with Gasteiger partial charge in [-0.15, -0.1) is 0 Å². The van der Waals surface area contributed by atoms with Crippen molar-refractivity contribution in [2.75, 3.05) is 11.8 Å². The third kappa shape index (κ3) is 3.77. The number of hydrogen-bond acceptors (Lipinski definition) is 4. The fraction of sp³-hybridized carbons (Fsp3) is 0.133. The summed E-state index contributed by atoms with van der Waals surface area (Å²) in [5.41, 5.74) is 1.59. The number of benzene rings is 2. The van der Waals surface area contributed by atoms with E-state index in [9.17, 15) is 13.2 Å². The number of ether oxygens (including phenoxy) is 1. The van der Waals surface area contributed by atoms with Crippen molar-refractivity contribution in [3.63, 3.8) is 0 Å². The summed E-state index contributed by atoms with van der Waals surface area (Å²) in [7, 11) is -2.43. The number of methoxy groups -OCH3 is 1. The normalized spacial score (nSPS) is 11.0. The summed E-state index contributed by atoms with van der Waals surface area (Å²) in [6.45, 7) is 1.88. The molecule has 0 bridgehead atoms. The fourth-order valence-electron chi connectivity index (χ4n) is 1.77. The molecule has 0 saturated heterocycles. The van der Waals surface area contributed by atoms with E-state index >= 15 is 0 Å². The summed E-state index contributed by atoms with van der Waals surface area (Å²) < 4.78 is 32.6. The quantitative estimate of drug-likeness (QED) is 0.597. The molecule has 7 heteroatoms. The van der Waals surface area contributed by atoms with Gasteiger partial charge in [-0.1, -0.05) is 17.7 Å². The zero-order valence-electron chi connectivity index (χ0n) is 12.0. The summed E-state index contributed by atoms with van der Waals surface area (Å²) in [5.74, 6) is -0.521. The lowest BCUT2D eigenvalue weighted by Crippen LogP contribution is -2.14. The van der Waals surface area contributed by atoms with Crippen molar-refractivity contribution in [3.8, 4) is 0 Å². The molecule has 0 unspecified atom stereocenters. The number of aryl methyl sites for hydroxylation is 1. The third-order valence-corrected chi connectivity index (χ3v) is 5.29. The molecule has 2 aromatic rings. The second-order valence-electron chi connectivity index (χ2n) is 4.60. The van der Waals surface area contributed by atoms with E-state index in [0.29, 0.717) is 9.26 Å². The van der Waals surface area contributed by atoms with Crippen molar-refractivity contribution in [3.05, 3.63) is 57.2 Å². The van der Waals surface area contributed by atoms with Gasteiger partial charge in [0.2, 0.25) is 0 Å². The third-order valence-electron chi connectivity index (χ3n) is 2.96. The highest BCUT2D eigenvalue weighted by Crippen LogP contribution is 2.23. The van der Waals surface area contributed by atoms with E-state index in [-0.39, 0.29) is 10.5 Å². The Morgan fingerprint density at radius 2 is 1.77 bits per heavy atom. The molecular formula is C15H14INO4S. The largest absolute Gasteiger partial charge is 0.465 e. The Labute approximate surface area is 142 Å². The van der Waals surface area contributed by atoms with Crippen LogP contribution >= 0.6 is 22.6 Å². The fourth-order valence-corrected chi connectivity index (χ4v) is 3.49. The zero-order valence-corrected chi connectivity index (χ0v) is 14.9. The first-order valence-electron chi connectivity index (χ1n) is 6.31. The number of rotatable bonds is 4. The minimum absolute atomic E-state index is 0.164. The first-order valence-corrected chi connectivity index (χ1v) is 8.87. The maximum Gasteiger partial charge on any atom is 0.337 e. The van der Waals surface area contributed by atoms with E-state index in [1.807, 2.05) is 29.5 Å². The van der Waals surface area contributed by atoms with Gasteiger partial charge >= 0.3 is 5.97 Å². The molecule has 116 valence electrons. The van der Waals surface area contributed by atoms with Crippen molar-refractivity contribution in [1.82, 2.24) is 0 Å². The van der Waals surface area contributed by atoms with Crippen LogP contribution in [0.5, 0.6) is 0 Å². The lowest BCUT2D eigenvalue weighted by Gasteiger charge is -2.11.